The normalized spacial score (nSPS) is 11.4. The van der Waals surface area contributed by atoms with Gasteiger partial charge in [-0.3, -0.25) is 0 Å². The van der Waals surface area contributed by atoms with Crippen LogP contribution in [0, 0.1) is 0 Å². The van der Waals surface area contributed by atoms with E-state index in [9.17, 15) is 0 Å². The van der Waals surface area contributed by atoms with Crippen molar-refractivity contribution >= 4 is 25.8 Å². The summed E-state index contributed by atoms with van der Waals surface area (Å²) in [5.41, 5.74) is 0. The zero-order valence-corrected chi connectivity index (χ0v) is 11.3. The highest BCUT2D eigenvalue weighted by Gasteiger charge is 2.30. The van der Waals surface area contributed by atoms with Gasteiger partial charge in [-0.1, -0.05) is 0 Å². The van der Waals surface area contributed by atoms with E-state index in [1.165, 1.54) is 0 Å². The average molecular weight is 236 g/mol. The molecule has 0 atom stereocenters. The summed E-state index contributed by atoms with van der Waals surface area (Å²) < 4.78 is 16.5. The molecule has 0 heterocycles. The maximum absolute atomic E-state index is 5.65. The Bertz CT molecular complexity index is 169. The summed E-state index contributed by atoms with van der Waals surface area (Å²) >= 11 is 4.82. The lowest BCUT2D eigenvalue weighted by Gasteiger charge is -2.25. The van der Waals surface area contributed by atoms with Crippen molar-refractivity contribution in [2.75, 3.05) is 19.8 Å². The third-order valence-electron chi connectivity index (χ3n) is 1.76. The number of hydrogen-bond acceptors (Lipinski definition) is 4. The van der Waals surface area contributed by atoms with Crippen molar-refractivity contribution in [1.82, 2.24) is 0 Å². The standard InChI is InChI=1S/C9H20O3SSi/c1-5-11-14(4,12-6-2)8-7-10-9(3)13/h5-8H2,1-4H3. The average Bonchev–Trinajstić information content (AvgIpc) is 2.03. The lowest BCUT2D eigenvalue weighted by atomic mass is 10.8. The quantitative estimate of drug-likeness (QED) is 0.501. The van der Waals surface area contributed by atoms with Gasteiger partial charge in [0.2, 0.25) is 0 Å². The molecule has 0 rings (SSSR count). The first-order chi connectivity index (χ1) is 6.54. The SMILES string of the molecule is CCO[Si](C)(CCOC(C)=S)OCC. The van der Waals surface area contributed by atoms with Gasteiger partial charge in [-0.2, -0.15) is 0 Å². The van der Waals surface area contributed by atoms with Crippen LogP contribution < -0.4 is 0 Å². The molecule has 0 spiro atoms. The Morgan fingerprint density at radius 1 is 1.21 bits per heavy atom. The zero-order chi connectivity index (χ0) is 11.0. The summed E-state index contributed by atoms with van der Waals surface area (Å²) in [5, 5.41) is 0.578. The molecular weight excluding hydrogens is 216 g/mol. The Labute approximate surface area is 93.0 Å². The van der Waals surface area contributed by atoms with Crippen LogP contribution in [0.3, 0.4) is 0 Å². The van der Waals surface area contributed by atoms with Gasteiger partial charge in [-0.05, 0) is 32.6 Å². The van der Waals surface area contributed by atoms with Crippen LogP contribution in [0.25, 0.3) is 0 Å². The molecule has 0 radical (unpaired) electrons. The van der Waals surface area contributed by atoms with Crippen molar-refractivity contribution in [2.45, 2.75) is 33.4 Å². The molecule has 0 amide bonds. The number of hydrogen-bond donors (Lipinski definition) is 0. The van der Waals surface area contributed by atoms with E-state index in [2.05, 4.69) is 6.55 Å². The first kappa shape index (κ1) is 14.0. The zero-order valence-electron chi connectivity index (χ0n) is 9.46. The molecule has 0 aromatic carbocycles. The van der Waals surface area contributed by atoms with Gasteiger partial charge in [0.25, 0.3) is 0 Å². The second-order valence-electron chi connectivity index (χ2n) is 3.09. The lowest BCUT2D eigenvalue weighted by Crippen LogP contribution is -2.39. The molecule has 3 nitrogen and oxygen atoms in total. The van der Waals surface area contributed by atoms with Crippen LogP contribution in [-0.2, 0) is 13.6 Å². The highest BCUT2D eigenvalue weighted by molar-refractivity contribution is 7.80. The maximum atomic E-state index is 5.65. The van der Waals surface area contributed by atoms with Crippen LogP contribution in [0.2, 0.25) is 12.6 Å². The molecule has 5 heteroatoms. The van der Waals surface area contributed by atoms with E-state index >= 15 is 0 Å². The minimum Gasteiger partial charge on any atom is -0.487 e. The maximum Gasteiger partial charge on any atom is 0.338 e. The third-order valence-corrected chi connectivity index (χ3v) is 4.79. The molecule has 0 N–H and O–H groups in total. The summed E-state index contributed by atoms with van der Waals surface area (Å²) in [6.07, 6.45) is 0. The van der Waals surface area contributed by atoms with Gasteiger partial charge in [0.1, 0.15) is 0 Å². The minimum atomic E-state index is -2.00. The Kier molecular flexibility index (Phi) is 7.35. The van der Waals surface area contributed by atoms with Crippen molar-refractivity contribution in [3.8, 4) is 0 Å². The van der Waals surface area contributed by atoms with Crippen molar-refractivity contribution in [1.29, 1.82) is 0 Å². The molecule has 0 aliphatic carbocycles. The summed E-state index contributed by atoms with van der Waals surface area (Å²) in [4.78, 5) is 0. The van der Waals surface area contributed by atoms with Crippen LogP contribution in [0.1, 0.15) is 20.8 Å². The van der Waals surface area contributed by atoms with Gasteiger partial charge in [0, 0.05) is 26.2 Å². The van der Waals surface area contributed by atoms with Gasteiger partial charge >= 0.3 is 8.56 Å². The molecule has 0 saturated carbocycles. The Morgan fingerprint density at radius 3 is 2.07 bits per heavy atom. The molecule has 0 saturated heterocycles. The van der Waals surface area contributed by atoms with Gasteiger partial charge < -0.3 is 13.6 Å². The predicted molar refractivity (Wildman–Crippen MR) is 63.9 cm³/mol. The van der Waals surface area contributed by atoms with Crippen LogP contribution in [0.4, 0.5) is 0 Å². The van der Waals surface area contributed by atoms with Crippen molar-refractivity contribution in [2.24, 2.45) is 0 Å². The molecular formula is C9H20O3SSi. The van der Waals surface area contributed by atoms with Gasteiger partial charge in [0.15, 0.2) is 5.05 Å². The van der Waals surface area contributed by atoms with Gasteiger partial charge in [-0.15, -0.1) is 0 Å². The monoisotopic (exact) mass is 236 g/mol. The van der Waals surface area contributed by atoms with E-state index in [-0.39, 0.29) is 0 Å². The fourth-order valence-electron chi connectivity index (χ4n) is 1.18. The van der Waals surface area contributed by atoms with E-state index in [1.807, 2.05) is 13.8 Å². The largest absolute Gasteiger partial charge is 0.487 e. The van der Waals surface area contributed by atoms with E-state index < -0.39 is 8.56 Å². The molecule has 0 aliphatic rings. The number of rotatable bonds is 7. The van der Waals surface area contributed by atoms with Gasteiger partial charge in [-0.25, -0.2) is 0 Å². The molecule has 0 aliphatic heterocycles. The van der Waals surface area contributed by atoms with E-state index in [0.717, 1.165) is 6.04 Å². The van der Waals surface area contributed by atoms with Crippen LogP contribution >= 0.6 is 12.2 Å². The third kappa shape index (κ3) is 6.48. The first-order valence-corrected chi connectivity index (χ1v) is 7.88. The Balaban J connectivity index is 3.88. The topological polar surface area (TPSA) is 27.7 Å². The molecule has 0 aromatic rings. The van der Waals surface area contributed by atoms with E-state index in [1.54, 1.807) is 6.92 Å². The van der Waals surface area contributed by atoms with Crippen LogP contribution in [0.15, 0.2) is 0 Å². The molecule has 0 aromatic heterocycles. The van der Waals surface area contributed by atoms with Crippen molar-refractivity contribution in [3.63, 3.8) is 0 Å². The molecule has 14 heavy (non-hydrogen) atoms. The second kappa shape index (κ2) is 7.34. The molecule has 0 unspecified atom stereocenters. The summed E-state index contributed by atoms with van der Waals surface area (Å²) in [6, 6.07) is 0.822. The number of thiocarbonyl (C=S) groups is 1. The highest BCUT2D eigenvalue weighted by Crippen LogP contribution is 2.13. The fourth-order valence-corrected chi connectivity index (χ4v) is 3.33. The highest BCUT2D eigenvalue weighted by atomic mass is 32.1. The van der Waals surface area contributed by atoms with Crippen molar-refractivity contribution < 1.29 is 13.6 Å². The Morgan fingerprint density at radius 2 is 1.71 bits per heavy atom. The molecule has 84 valence electrons. The second-order valence-corrected chi connectivity index (χ2v) is 7.01. The molecule has 0 bridgehead atoms. The smallest absolute Gasteiger partial charge is 0.338 e. The summed E-state index contributed by atoms with van der Waals surface area (Å²) in [7, 11) is -2.00. The van der Waals surface area contributed by atoms with Crippen LogP contribution in [0.5, 0.6) is 0 Å². The first-order valence-electron chi connectivity index (χ1n) is 4.95. The predicted octanol–water partition coefficient (Wildman–Crippen LogP) is 2.50. The fraction of sp³-hybridized carbons (Fsp3) is 0.889. The minimum absolute atomic E-state index is 0.578. The van der Waals surface area contributed by atoms with Gasteiger partial charge in [0.05, 0.1) is 6.61 Å². The van der Waals surface area contributed by atoms with E-state index in [4.69, 9.17) is 25.8 Å². The molecule has 0 fully saturated rings. The Hall–Kier alpha value is 0.0269. The number of ether oxygens (including phenoxy) is 1. The van der Waals surface area contributed by atoms with Crippen LogP contribution in [-0.4, -0.2) is 33.4 Å². The van der Waals surface area contributed by atoms with E-state index in [0.29, 0.717) is 24.9 Å². The summed E-state index contributed by atoms with van der Waals surface area (Å²) in [5.74, 6) is 0. The summed E-state index contributed by atoms with van der Waals surface area (Å²) in [6.45, 7) is 9.78. The van der Waals surface area contributed by atoms with Crippen molar-refractivity contribution in [3.05, 3.63) is 0 Å². The lowest BCUT2D eigenvalue weighted by molar-refractivity contribution is 0.180.